The van der Waals surface area contributed by atoms with Gasteiger partial charge in [-0.15, -0.1) is 0 Å². The largest absolute Gasteiger partial charge is 0.391 e. The highest BCUT2D eigenvalue weighted by Crippen LogP contribution is 2.64. The average molecular weight is 385 g/mol. The smallest absolute Gasteiger partial charge is 0.139 e. The summed E-state index contributed by atoms with van der Waals surface area (Å²) in [6, 6.07) is 0. The Bertz CT molecular complexity index is 707. The molecule has 154 valence electrons. The number of rotatable bonds is 2. The fraction of sp³-hybridized carbons (Fsp3) is 0.833. The van der Waals surface area contributed by atoms with E-state index in [9.17, 15) is 4.79 Å². The molecule has 5 rings (SSSR count). The summed E-state index contributed by atoms with van der Waals surface area (Å²) in [4.78, 5) is 18.4. The number of piperidine rings is 1. The van der Waals surface area contributed by atoms with Crippen molar-refractivity contribution in [3.05, 3.63) is 11.6 Å². The minimum absolute atomic E-state index is 0.0120. The van der Waals surface area contributed by atoms with E-state index in [1.54, 1.807) is 5.57 Å². The molecule has 6 atom stereocenters. The molecule has 28 heavy (non-hydrogen) atoms. The fourth-order valence-electron chi connectivity index (χ4n) is 7.47. The summed E-state index contributed by atoms with van der Waals surface area (Å²) in [5.41, 5.74) is 3.05. The monoisotopic (exact) mass is 384 g/mol. The van der Waals surface area contributed by atoms with Gasteiger partial charge in [-0.1, -0.05) is 24.6 Å². The number of hydrogen-bond donors (Lipinski definition) is 1. The van der Waals surface area contributed by atoms with Crippen LogP contribution in [0.1, 0.15) is 78.1 Å². The van der Waals surface area contributed by atoms with E-state index in [-0.39, 0.29) is 11.5 Å². The van der Waals surface area contributed by atoms with Crippen LogP contribution in [0.2, 0.25) is 0 Å². The van der Waals surface area contributed by atoms with Gasteiger partial charge in [0.2, 0.25) is 0 Å². The summed E-state index contributed by atoms with van der Waals surface area (Å²) in [6.45, 7) is 6.82. The molecule has 4 aliphatic carbocycles. The Morgan fingerprint density at radius 2 is 1.89 bits per heavy atom. The number of allylic oxidation sites excluding steroid dienone is 2. The van der Waals surface area contributed by atoms with Gasteiger partial charge < -0.3 is 10.2 Å². The van der Waals surface area contributed by atoms with Crippen molar-refractivity contribution >= 4 is 11.5 Å². The number of nitrogens with one attached hydrogen (secondary N) is 1. The summed E-state index contributed by atoms with van der Waals surface area (Å²) in [5, 5.41) is 7.96. The number of ketones is 1. The van der Waals surface area contributed by atoms with E-state index >= 15 is 0 Å². The number of nitrogens with zero attached hydrogens (tertiary/aromatic N) is 1. The Morgan fingerprint density at radius 3 is 2.71 bits per heavy atom. The lowest BCUT2D eigenvalue weighted by atomic mass is 9.47. The van der Waals surface area contributed by atoms with Gasteiger partial charge >= 0.3 is 0 Å². The molecular weight excluding hydrogens is 348 g/mol. The molecule has 4 heteroatoms. The number of Topliss-reactive ketones (excluding diaryl/α,β-unsaturated/α-hetero) is 1. The van der Waals surface area contributed by atoms with Crippen molar-refractivity contribution in [1.82, 2.24) is 5.32 Å². The van der Waals surface area contributed by atoms with E-state index in [1.165, 1.54) is 32.1 Å². The maximum atomic E-state index is 12.6. The second kappa shape index (κ2) is 6.97. The van der Waals surface area contributed by atoms with Crippen LogP contribution in [0.4, 0.5) is 0 Å². The summed E-state index contributed by atoms with van der Waals surface area (Å²) in [7, 11) is 0. The molecule has 0 aromatic rings. The van der Waals surface area contributed by atoms with Gasteiger partial charge in [-0.05, 0) is 93.6 Å². The number of hydrogen-bond acceptors (Lipinski definition) is 4. The molecule has 3 saturated carbocycles. The van der Waals surface area contributed by atoms with Gasteiger partial charge in [0.15, 0.2) is 0 Å². The van der Waals surface area contributed by atoms with Gasteiger partial charge in [-0.2, -0.15) is 0 Å². The maximum Gasteiger partial charge on any atom is 0.139 e. The third-order valence-corrected chi connectivity index (χ3v) is 9.26. The van der Waals surface area contributed by atoms with Crippen LogP contribution >= 0.6 is 0 Å². The second-order valence-electron chi connectivity index (χ2n) is 10.6. The molecular formula is C24H36N2O2. The lowest BCUT2D eigenvalue weighted by Crippen LogP contribution is -2.50. The first-order valence-corrected chi connectivity index (χ1v) is 11.7. The first kappa shape index (κ1) is 18.8. The standard InChI is InChI=1S/C24H36N2O2/c1-23-11-9-17(26-28-18-4-3-13-25-15-18)14-16(23)5-6-19-20-7-8-22(27)24(20,2)12-10-21(19)23/h14,18-21,25H,3-13,15H2,1-2H3/t18?,19?,20?,21?,23-,24-/m0/s1. The summed E-state index contributed by atoms with van der Waals surface area (Å²) >= 11 is 0. The quantitative estimate of drug-likeness (QED) is 0.706. The first-order chi connectivity index (χ1) is 13.5. The summed E-state index contributed by atoms with van der Waals surface area (Å²) in [5.74, 6) is 2.68. The van der Waals surface area contributed by atoms with Crippen molar-refractivity contribution in [2.75, 3.05) is 13.1 Å². The first-order valence-electron chi connectivity index (χ1n) is 11.7. The van der Waals surface area contributed by atoms with E-state index in [0.29, 0.717) is 17.1 Å². The Hall–Kier alpha value is -1.16. The van der Waals surface area contributed by atoms with Gasteiger partial charge in [0.25, 0.3) is 0 Å². The molecule has 0 aromatic carbocycles. The highest BCUT2D eigenvalue weighted by Gasteiger charge is 2.58. The molecule has 0 radical (unpaired) electrons. The van der Waals surface area contributed by atoms with Crippen LogP contribution in [0, 0.1) is 28.6 Å². The van der Waals surface area contributed by atoms with Gasteiger partial charge in [-0.3, -0.25) is 4.79 Å². The maximum absolute atomic E-state index is 12.6. The molecule has 0 aromatic heterocycles. The highest BCUT2D eigenvalue weighted by molar-refractivity contribution is 5.96. The Morgan fingerprint density at radius 1 is 1.04 bits per heavy atom. The lowest BCUT2D eigenvalue weighted by molar-refractivity contribution is -0.132. The molecule has 1 aliphatic heterocycles. The van der Waals surface area contributed by atoms with Gasteiger partial charge in [0.05, 0.1) is 5.71 Å². The minimum Gasteiger partial charge on any atom is -0.391 e. The SMILES string of the molecule is C[C@]12CCC(=NOC3CCCNC3)C=C1CCC1C2CC[C@]2(C)C(=O)CCC12. The van der Waals surface area contributed by atoms with Crippen molar-refractivity contribution < 1.29 is 9.63 Å². The van der Waals surface area contributed by atoms with Crippen molar-refractivity contribution in [3.63, 3.8) is 0 Å². The fourth-order valence-corrected chi connectivity index (χ4v) is 7.47. The van der Waals surface area contributed by atoms with Crippen molar-refractivity contribution in [2.45, 2.75) is 84.2 Å². The van der Waals surface area contributed by atoms with Crippen LogP contribution in [0.15, 0.2) is 16.8 Å². The normalized spacial score (nSPS) is 47.1. The highest BCUT2D eigenvalue weighted by atomic mass is 16.6. The van der Waals surface area contributed by atoms with Crippen LogP contribution in [0.5, 0.6) is 0 Å². The molecule has 1 heterocycles. The predicted octanol–water partition coefficient (Wildman–Crippen LogP) is 4.64. The zero-order valence-electron chi connectivity index (χ0n) is 17.6. The minimum atomic E-state index is -0.0120. The van der Waals surface area contributed by atoms with E-state index in [4.69, 9.17) is 4.84 Å². The third kappa shape index (κ3) is 2.89. The number of carbonyl (C=O) groups excluding carboxylic acids is 1. The predicted molar refractivity (Wildman–Crippen MR) is 111 cm³/mol. The molecule has 0 bridgehead atoms. The molecule has 0 amide bonds. The van der Waals surface area contributed by atoms with Crippen molar-refractivity contribution in [2.24, 2.45) is 33.7 Å². The molecule has 4 nitrogen and oxygen atoms in total. The van der Waals surface area contributed by atoms with Gasteiger partial charge in [0.1, 0.15) is 11.9 Å². The zero-order valence-corrected chi connectivity index (χ0v) is 17.6. The van der Waals surface area contributed by atoms with Crippen molar-refractivity contribution in [3.8, 4) is 0 Å². The number of carbonyl (C=O) groups is 1. The second-order valence-corrected chi connectivity index (χ2v) is 10.6. The number of fused-ring (bicyclic) bond motifs is 5. The van der Waals surface area contributed by atoms with Crippen LogP contribution in [-0.2, 0) is 9.63 Å². The summed E-state index contributed by atoms with van der Waals surface area (Å²) in [6.07, 6.45) is 13.9. The van der Waals surface area contributed by atoms with Crippen LogP contribution in [0.3, 0.4) is 0 Å². The Labute approximate surface area is 169 Å². The molecule has 0 spiro atoms. The third-order valence-electron chi connectivity index (χ3n) is 9.26. The Balaban J connectivity index is 1.33. The van der Waals surface area contributed by atoms with E-state index in [2.05, 4.69) is 30.4 Å². The number of oxime groups is 1. The molecule has 1 N–H and O–H groups in total. The average Bonchev–Trinajstić information content (AvgIpc) is 3.02. The van der Waals surface area contributed by atoms with Crippen LogP contribution in [-0.4, -0.2) is 30.7 Å². The van der Waals surface area contributed by atoms with Crippen molar-refractivity contribution in [1.29, 1.82) is 0 Å². The molecule has 4 unspecified atom stereocenters. The molecule has 1 saturated heterocycles. The molecule has 5 aliphatic rings. The van der Waals surface area contributed by atoms with E-state index < -0.39 is 0 Å². The lowest BCUT2D eigenvalue weighted by Gasteiger charge is -2.57. The molecule has 4 fully saturated rings. The van der Waals surface area contributed by atoms with Gasteiger partial charge in [0, 0.05) is 18.4 Å². The zero-order chi connectivity index (χ0) is 19.4. The van der Waals surface area contributed by atoms with Crippen LogP contribution in [0.25, 0.3) is 0 Å². The Kier molecular flexibility index (Phi) is 4.69. The van der Waals surface area contributed by atoms with E-state index in [1.807, 2.05) is 0 Å². The van der Waals surface area contributed by atoms with Gasteiger partial charge in [-0.25, -0.2) is 0 Å². The van der Waals surface area contributed by atoms with E-state index in [0.717, 1.165) is 62.7 Å². The summed E-state index contributed by atoms with van der Waals surface area (Å²) < 4.78 is 0. The van der Waals surface area contributed by atoms with Crippen LogP contribution < -0.4 is 5.32 Å². The topological polar surface area (TPSA) is 50.7 Å².